The molecule has 1 aliphatic rings. The highest BCUT2D eigenvalue weighted by molar-refractivity contribution is 6.34. The zero-order chi connectivity index (χ0) is 19.5. The Morgan fingerprint density at radius 1 is 1.14 bits per heavy atom. The lowest BCUT2D eigenvalue weighted by Gasteiger charge is -2.31. The Bertz CT molecular complexity index is 1000. The Morgan fingerprint density at radius 3 is 2.71 bits per heavy atom. The molecule has 144 valence electrons. The average Bonchev–Trinajstić information content (AvgIpc) is 3.19. The van der Waals surface area contributed by atoms with Crippen LogP contribution in [0.1, 0.15) is 10.6 Å². The van der Waals surface area contributed by atoms with Crippen molar-refractivity contribution in [2.75, 3.05) is 36.5 Å². The summed E-state index contributed by atoms with van der Waals surface area (Å²) < 4.78 is 23.9. The Balaban J connectivity index is 1.57. The van der Waals surface area contributed by atoms with E-state index in [9.17, 15) is 9.18 Å². The molecule has 0 bridgehead atoms. The molecule has 1 aromatic heterocycles. The van der Waals surface area contributed by atoms with Crippen molar-refractivity contribution in [3.8, 4) is 11.3 Å². The first kappa shape index (κ1) is 18.5. The monoisotopic (exact) mass is 401 g/mol. The molecule has 0 radical (unpaired) electrons. The molecule has 1 amide bonds. The van der Waals surface area contributed by atoms with Crippen LogP contribution in [-0.2, 0) is 4.74 Å². The van der Waals surface area contributed by atoms with E-state index in [0.717, 1.165) is 5.69 Å². The number of nitrogens with zero attached hydrogens (tertiary/aromatic N) is 2. The first-order valence-electron chi connectivity index (χ1n) is 8.77. The van der Waals surface area contributed by atoms with Crippen LogP contribution in [0.5, 0.6) is 0 Å². The summed E-state index contributed by atoms with van der Waals surface area (Å²) in [5.74, 6) is -0.834. The van der Waals surface area contributed by atoms with E-state index in [1.807, 2.05) is 0 Å². The average molecular weight is 402 g/mol. The molecule has 2 heterocycles. The molecule has 0 unspecified atom stereocenters. The van der Waals surface area contributed by atoms with E-state index in [4.69, 9.17) is 20.9 Å². The molecule has 0 saturated carbocycles. The van der Waals surface area contributed by atoms with Crippen molar-refractivity contribution >= 4 is 28.9 Å². The van der Waals surface area contributed by atoms with Gasteiger partial charge in [0.05, 0.1) is 29.6 Å². The first-order chi connectivity index (χ1) is 13.6. The Hall–Kier alpha value is -2.90. The van der Waals surface area contributed by atoms with Gasteiger partial charge in [0.25, 0.3) is 5.91 Å². The molecule has 2 aromatic carbocycles. The van der Waals surface area contributed by atoms with Crippen LogP contribution >= 0.6 is 11.6 Å². The van der Waals surface area contributed by atoms with Gasteiger partial charge in [-0.1, -0.05) is 35.0 Å². The fourth-order valence-corrected chi connectivity index (χ4v) is 3.37. The second-order valence-corrected chi connectivity index (χ2v) is 6.68. The van der Waals surface area contributed by atoms with E-state index in [1.54, 1.807) is 30.3 Å². The molecule has 1 aliphatic heterocycles. The minimum Gasteiger partial charge on any atom is -0.378 e. The molecule has 4 rings (SSSR count). The Morgan fingerprint density at radius 2 is 1.93 bits per heavy atom. The fraction of sp³-hybridized carbons (Fsp3) is 0.200. The highest BCUT2D eigenvalue weighted by Gasteiger charge is 2.21. The number of hydrogen-bond acceptors (Lipinski definition) is 5. The molecule has 8 heteroatoms. The molecular formula is C20H17ClFN3O3. The van der Waals surface area contributed by atoms with Gasteiger partial charge in [-0.15, -0.1) is 0 Å². The molecule has 1 fully saturated rings. The van der Waals surface area contributed by atoms with Gasteiger partial charge >= 0.3 is 0 Å². The smallest absolute Gasteiger partial charge is 0.294 e. The molecule has 1 N–H and O–H groups in total. The summed E-state index contributed by atoms with van der Waals surface area (Å²) in [6, 6.07) is 12.7. The third kappa shape index (κ3) is 3.85. The number of amides is 1. The highest BCUT2D eigenvalue weighted by atomic mass is 35.5. The standard InChI is InChI=1S/C20H17ClFN3O3/c21-15-5-2-6-16(19(15)25-7-9-27-10-8-25)23-20(26)18-12-17(24-28-18)13-3-1-4-14(22)11-13/h1-6,11-12H,7-10H2,(H,23,26). The zero-order valence-corrected chi connectivity index (χ0v) is 15.6. The highest BCUT2D eigenvalue weighted by Crippen LogP contribution is 2.34. The maximum Gasteiger partial charge on any atom is 0.294 e. The fourth-order valence-electron chi connectivity index (χ4n) is 3.07. The number of nitrogens with one attached hydrogen (secondary N) is 1. The predicted molar refractivity (Wildman–Crippen MR) is 104 cm³/mol. The third-order valence-corrected chi connectivity index (χ3v) is 4.72. The molecule has 0 spiro atoms. The van der Waals surface area contributed by atoms with Crippen LogP contribution < -0.4 is 10.2 Å². The SMILES string of the molecule is O=C(Nc1cccc(Cl)c1N1CCOCC1)c1cc(-c2cccc(F)c2)no1. The molecule has 0 aliphatic carbocycles. The maximum atomic E-state index is 13.4. The summed E-state index contributed by atoms with van der Waals surface area (Å²) >= 11 is 6.39. The second-order valence-electron chi connectivity index (χ2n) is 6.28. The summed E-state index contributed by atoms with van der Waals surface area (Å²) in [6.07, 6.45) is 0. The van der Waals surface area contributed by atoms with Gasteiger partial charge in [0.1, 0.15) is 11.5 Å². The number of morpholine rings is 1. The number of benzene rings is 2. The van der Waals surface area contributed by atoms with Gasteiger partial charge in [-0.05, 0) is 24.3 Å². The lowest BCUT2D eigenvalue weighted by molar-refractivity contribution is 0.0988. The van der Waals surface area contributed by atoms with Crippen molar-refractivity contribution in [2.45, 2.75) is 0 Å². The Labute approximate surface area is 165 Å². The van der Waals surface area contributed by atoms with Crippen molar-refractivity contribution in [1.82, 2.24) is 5.16 Å². The summed E-state index contributed by atoms with van der Waals surface area (Å²) in [7, 11) is 0. The Kier molecular flexibility index (Phi) is 5.27. The van der Waals surface area contributed by atoms with Gasteiger partial charge in [-0.3, -0.25) is 4.79 Å². The largest absolute Gasteiger partial charge is 0.378 e. The van der Waals surface area contributed by atoms with E-state index in [0.29, 0.717) is 48.3 Å². The summed E-state index contributed by atoms with van der Waals surface area (Å²) in [6.45, 7) is 2.55. The molecule has 0 atom stereocenters. The van der Waals surface area contributed by atoms with E-state index in [-0.39, 0.29) is 11.6 Å². The number of anilines is 2. The van der Waals surface area contributed by atoms with Crippen LogP contribution in [0.25, 0.3) is 11.3 Å². The number of carbonyl (C=O) groups excluding carboxylic acids is 1. The first-order valence-corrected chi connectivity index (χ1v) is 9.15. The van der Waals surface area contributed by atoms with Crippen molar-refractivity contribution in [3.63, 3.8) is 0 Å². The topological polar surface area (TPSA) is 67.6 Å². The number of para-hydroxylation sites is 1. The van der Waals surface area contributed by atoms with E-state index >= 15 is 0 Å². The number of ether oxygens (including phenoxy) is 1. The number of carbonyl (C=O) groups is 1. The predicted octanol–water partition coefficient (Wildman–Crippen LogP) is 4.22. The van der Waals surface area contributed by atoms with E-state index < -0.39 is 5.91 Å². The van der Waals surface area contributed by atoms with Gasteiger partial charge < -0.3 is 19.5 Å². The van der Waals surface area contributed by atoms with Crippen LogP contribution in [0.3, 0.4) is 0 Å². The van der Waals surface area contributed by atoms with Crippen molar-refractivity contribution < 1.29 is 18.4 Å². The minimum absolute atomic E-state index is 0.0205. The quantitative estimate of drug-likeness (QED) is 0.708. The number of aromatic nitrogens is 1. The summed E-state index contributed by atoms with van der Waals surface area (Å²) in [5.41, 5.74) is 2.22. The number of hydrogen-bond donors (Lipinski definition) is 1. The van der Waals surface area contributed by atoms with Crippen LogP contribution in [0.4, 0.5) is 15.8 Å². The lowest BCUT2D eigenvalue weighted by Crippen LogP contribution is -2.37. The van der Waals surface area contributed by atoms with Gasteiger partial charge in [-0.2, -0.15) is 0 Å². The van der Waals surface area contributed by atoms with Crippen LogP contribution in [0, 0.1) is 5.82 Å². The van der Waals surface area contributed by atoms with Crippen LogP contribution in [0.2, 0.25) is 5.02 Å². The molecular weight excluding hydrogens is 385 g/mol. The third-order valence-electron chi connectivity index (χ3n) is 4.42. The minimum atomic E-state index is -0.466. The second kappa shape index (κ2) is 8.00. The summed E-state index contributed by atoms with van der Waals surface area (Å²) in [5, 5.41) is 7.23. The molecule has 3 aromatic rings. The van der Waals surface area contributed by atoms with Crippen LogP contribution in [-0.4, -0.2) is 37.4 Å². The van der Waals surface area contributed by atoms with Crippen LogP contribution in [0.15, 0.2) is 53.1 Å². The molecule has 6 nitrogen and oxygen atoms in total. The molecule has 1 saturated heterocycles. The summed E-state index contributed by atoms with van der Waals surface area (Å²) in [4.78, 5) is 14.7. The van der Waals surface area contributed by atoms with Gasteiger partial charge in [0.15, 0.2) is 0 Å². The van der Waals surface area contributed by atoms with Gasteiger partial charge in [-0.25, -0.2) is 4.39 Å². The van der Waals surface area contributed by atoms with Gasteiger partial charge in [0, 0.05) is 24.7 Å². The van der Waals surface area contributed by atoms with E-state index in [1.165, 1.54) is 18.2 Å². The lowest BCUT2D eigenvalue weighted by atomic mass is 10.1. The maximum absolute atomic E-state index is 13.4. The number of rotatable bonds is 4. The van der Waals surface area contributed by atoms with E-state index in [2.05, 4.69) is 15.4 Å². The van der Waals surface area contributed by atoms with Crippen molar-refractivity contribution in [3.05, 3.63) is 65.1 Å². The normalized spacial score (nSPS) is 14.1. The molecule has 28 heavy (non-hydrogen) atoms. The zero-order valence-electron chi connectivity index (χ0n) is 14.8. The van der Waals surface area contributed by atoms with Gasteiger partial charge in [0.2, 0.25) is 5.76 Å². The van der Waals surface area contributed by atoms with Crippen molar-refractivity contribution in [2.24, 2.45) is 0 Å². The number of halogens is 2. The van der Waals surface area contributed by atoms with Crippen molar-refractivity contribution in [1.29, 1.82) is 0 Å².